The average molecular weight is 212 g/mol. The van der Waals surface area contributed by atoms with E-state index in [0.717, 1.165) is 19.5 Å². The first-order valence-electron chi connectivity index (χ1n) is 5.45. The van der Waals surface area contributed by atoms with Crippen LogP contribution in [0.25, 0.3) is 0 Å². The molecule has 1 heterocycles. The van der Waals surface area contributed by atoms with Crippen LogP contribution in [0.1, 0.15) is 32.0 Å². The number of nitrogens with one attached hydrogen (secondary N) is 2. The van der Waals surface area contributed by atoms with Crippen molar-refractivity contribution in [3.8, 4) is 0 Å². The Morgan fingerprint density at radius 1 is 1.47 bits per heavy atom. The average Bonchev–Trinajstić information content (AvgIpc) is 2.60. The molecule has 1 rings (SSSR count). The zero-order valence-electron chi connectivity index (χ0n) is 9.71. The lowest BCUT2D eigenvalue weighted by atomic mass is 10.2. The van der Waals surface area contributed by atoms with Gasteiger partial charge in [-0.25, -0.2) is 0 Å². The molecule has 0 spiro atoms. The molecule has 1 aromatic rings. The maximum absolute atomic E-state index is 4.98. The SMILES string of the molecule is CCNC(C)CCNCc1nc(C)no1. The first kappa shape index (κ1) is 12.1. The van der Waals surface area contributed by atoms with E-state index in [2.05, 4.69) is 34.6 Å². The molecule has 0 radical (unpaired) electrons. The maximum Gasteiger partial charge on any atom is 0.240 e. The van der Waals surface area contributed by atoms with Gasteiger partial charge in [0, 0.05) is 6.04 Å². The molecule has 0 aliphatic rings. The van der Waals surface area contributed by atoms with Crippen LogP contribution in [-0.2, 0) is 6.54 Å². The molecule has 0 aliphatic carbocycles. The van der Waals surface area contributed by atoms with Crippen molar-refractivity contribution in [2.24, 2.45) is 0 Å². The van der Waals surface area contributed by atoms with Crippen LogP contribution in [0, 0.1) is 6.92 Å². The third-order valence-electron chi connectivity index (χ3n) is 2.15. The molecular weight excluding hydrogens is 192 g/mol. The van der Waals surface area contributed by atoms with Gasteiger partial charge < -0.3 is 15.2 Å². The summed E-state index contributed by atoms with van der Waals surface area (Å²) in [6.07, 6.45) is 1.10. The molecule has 0 bridgehead atoms. The second-order valence-corrected chi connectivity index (χ2v) is 3.66. The van der Waals surface area contributed by atoms with Crippen LogP contribution in [0.3, 0.4) is 0 Å². The second kappa shape index (κ2) is 6.53. The summed E-state index contributed by atoms with van der Waals surface area (Å²) >= 11 is 0. The Morgan fingerprint density at radius 2 is 2.27 bits per heavy atom. The van der Waals surface area contributed by atoms with E-state index in [1.54, 1.807) is 0 Å². The molecule has 0 saturated heterocycles. The Labute approximate surface area is 90.6 Å². The Morgan fingerprint density at radius 3 is 2.87 bits per heavy atom. The third kappa shape index (κ3) is 4.90. The van der Waals surface area contributed by atoms with Gasteiger partial charge in [0.1, 0.15) is 0 Å². The van der Waals surface area contributed by atoms with Crippen molar-refractivity contribution < 1.29 is 4.52 Å². The maximum atomic E-state index is 4.98. The summed E-state index contributed by atoms with van der Waals surface area (Å²) < 4.78 is 4.98. The van der Waals surface area contributed by atoms with Gasteiger partial charge in [-0.3, -0.25) is 0 Å². The van der Waals surface area contributed by atoms with E-state index in [4.69, 9.17) is 4.52 Å². The molecule has 86 valence electrons. The first-order chi connectivity index (χ1) is 7.22. The molecule has 1 aromatic heterocycles. The van der Waals surface area contributed by atoms with Gasteiger partial charge in [-0.2, -0.15) is 4.98 Å². The summed E-state index contributed by atoms with van der Waals surface area (Å²) in [5.74, 6) is 1.34. The van der Waals surface area contributed by atoms with Crippen LogP contribution in [0.4, 0.5) is 0 Å². The molecule has 0 saturated carbocycles. The molecule has 0 amide bonds. The van der Waals surface area contributed by atoms with E-state index in [0.29, 0.717) is 24.3 Å². The minimum absolute atomic E-state index is 0.548. The van der Waals surface area contributed by atoms with Crippen LogP contribution in [0.15, 0.2) is 4.52 Å². The van der Waals surface area contributed by atoms with Crippen molar-refractivity contribution >= 4 is 0 Å². The van der Waals surface area contributed by atoms with Crippen molar-refractivity contribution in [1.29, 1.82) is 0 Å². The summed E-state index contributed by atoms with van der Waals surface area (Å²) in [7, 11) is 0. The fourth-order valence-electron chi connectivity index (χ4n) is 1.38. The molecule has 0 aromatic carbocycles. The van der Waals surface area contributed by atoms with Crippen molar-refractivity contribution in [2.45, 2.75) is 39.8 Å². The predicted molar refractivity (Wildman–Crippen MR) is 58.5 cm³/mol. The summed E-state index contributed by atoms with van der Waals surface area (Å²) in [6, 6.07) is 0.548. The third-order valence-corrected chi connectivity index (χ3v) is 2.15. The van der Waals surface area contributed by atoms with Crippen molar-refractivity contribution in [3.63, 3.8) is 0 Å². The number of rotatable bonds is 7. The van der Waals surface area contributed by atoms with Crippen molar-refractivity contribution in [1.82, 2.24) is 20.8 Å². The number of hydrogen-bond acceptors (Lipinski definition) is 5. The van der Waals surface area contributed by atoms with E-state index in [1.165, 1.54) is 0 Å². The van der Waals surface area contributed by atoms with Crippen LogP contribution in [0.2, 0.25) is 0 Å². The highest BCUT2D eigenvalue weighted by Crippen LogP contribution is 1.95. The lowest BCUT2D eigenvalue weighted by Crippen LogP contribution is -2.29. The summed E-state index contributed by atoms with van der Waals surface area (Å²) in [4.78, 5) is 4.11. The monoisotopic (exact) mass is 212 g/mol. The van der Waals surface area contributed by atoms with E-state index < -0.39 is 0 Å². The summed E-state index contributed by atoms with van der Waals surface area (Å²) in [6.45, 7) is 8.74. The van der Waals surface area contributed by atoms with E-state index in [1.807, 2.05) is 6.92 Å². The van der Waals surface area contributed by atoms with Gasteiger partial charge in [-0.15, -0.1) is 0 Å². The number of hydrogen-bond donors (Lipinski definition) is 2. The largest absolute Gasteiger partial charge is 0.338 e. The standard InChI is InChI=1S/C10H20N4O/c1-4-12-8(2)5-6-11-7-10-13-9(3)14-15-10/h8,11-12H,4-7H2,1-3H3. The lowest BCUT2D eigenvalue weighted by molar-refractivity contribution is 0.362. The first-order valence-corrected chi connectivity index (χ1v) is 5.45. The van der Waals surface area contributed by atoms with E-state index >= 15 is 0 Å². The van der Waals surface area contributed by atoms with Gasteiger partial charge in [0.05, 0.1) is 6.54 Å². The van der Waals surface area contributed by atoms with Crippen LogP contribution < -0.4 is 10.6 Å². The van der Waals surface area contributed by atoms with Gasteiger partial charge in [-0.05, 0) is 33.4 Å². The quantitative estimate of drug-likeness (QED) is 0.656. The minimum Gasteiger partial charge on any atom is -0.338 e. The lowest BCUT2D eigenvalue weighted by Gasteiger charge is -2.11. The highest BCUT2D eigenvalue weighted by atomic mass is 16.5. The fraction of sp³-hybridized carbons (Fsp3) is 0.800. The topological polar surface area (TPSA) is 63.0 Å². The molecule has 0 aliphatic heterocycles. The number of nitrogens with zero attached hydrogens (tertiary/aromatic N) is 2. The minimum atomic E-state index is 0.548. The highest BCUT2D eigenvalue weighted by molar-refractivity contribution is 4.81. The Hall–Kier alpha value is -0.940. The Kier molecular flexibility index (Phi) is 5.28. The molecule has 0 fully saturated rings. The van der Waals surface area contributed by atoms with Crippen molar-refractivity contribution in [2.75, 3.05) is 13.1 Å². The zero-order valence-corrected chi connectivity index (χ0v) is 9.71. The van der Waals surface area contributed by atoms with E-state index in [9.17, 15) is 0 Å². The van der Waals surface area contributed by atoms with Gasteiger partial charge in [0.25, 0.3) is 0 Å². The normalized spacial score (nSPS) is 13.0. The Balaban J connectivity index is 2.06. The van der Waals surface area contributed by atoms with Gasteiger partial charge in [-0.1, -0.05) is 12.1 Å². The molecule has 1 atom stereocenters. The zero-order chi connectivity index (χ0) is 11.1. The fourth-order valence-corrected chi connectivity index (χ4v) is 1.38. The number of aromatic nitrogens is 2. The van der Waals surface area contributed by atoms with Crippen molar-refractivity contribution in [3.05, 3.63) is 11.7 Å². The molecule has 5 heteroatoms. The van der Waals surface area contributed by atoms with Crippen LogP contribution >= 0.6 is 0 Å². The van der Waals surface area contributed by atoms with Crippen LogP contribution in [-0.4, -0.2) is 29.3 Å². The summed E-state index contributed by atoms with van der Waals surface area (Å²) in [5.41, 5.74) is 0. The molecule has 1 unspecified atom stereocenters. The summed E-state index contributed by atoms with van der Waals surface area (Å²) in [5, 5.41) is 10.3. The Bertz CT molecular complexity index is 274. The number of aryl methyl sites for hydroxylation is 1. The molecular formula is C10H20N4O. The molecule has 2 N–H and O–H groups in total. The second-order valence-electron chi connectivity index (χ2n) is 3.66. The van der Waals surface area contributed by atoms with Crippen LogP contribution in [0.5, 0.6) is 0 Å². The highest BCUT2D eigenvalue weighted by Gasteiger charge is 2.02. The van der Waals surface area contributed by atoms with Gasteiger partial charge in [0.2, 0.25) is 5.89 Å². The molecule has 5 nitrogen and oxygen atoms in total. The predicted octanol–water partition coefficient (Wildman–Crippen LogP) is 0.856. The smallest absolute Gasteiger partial charge is 0.240 e. The van der Waals surface area contributed by atoms with Gasteiger partial charge in [0.15, 0.2) is 5.82 Å². The molecule has 15 heavy (non-hydrogen) atoms. The van der Waals surface area contributed by atoms with Gasteiger partial charge >= 0.3 is 0 Å². The van der Waals surface area contributed by atoms with E-state index in [-0.39, 0.29) is 0 Å².